The zero-order valence-corrected chi connectivity index (χ0v) is 15.4. The average molecular weight is 352 g/mol. The third-order valence-electron chi connectivity index (χ3n) is 5.11. The predicted octanol–water partition coefficient (Wildman–Crippen LogP) is 6.01. The minimum atomic E-state index is 0.527. The molecule has 0 heterocycles. The van der Waals surface area contributed by atoms with Gasteiger partial charge in [-0.05, 0) is 61.8 Å². The van der Waals surface area contributed by atoms with Crippen LogP contribution in [0.4, 0.5) is 0 Å². The lowest BCUT2D eigenvalue weighted by Gasteiger charge is -2.34. The highest BCUT2D eigenvalue weighted by molar-refractivity contribution is 9.10. The lowest BCUT2D eigenvalue weighted by Crippen LogP contribution is -2.31. The molecule has 1 atom stereocenters. The number of benzene rings is 1. The fourth-order valence-electron chi connectivity index (χ4n) is 3.59. The second-order valence-corrected chi connectivity index (χ2v) is 7.48. The first-order valence-corrected chi connectivity index (χ1v) is 9.44. The van der Waals surface area contributed by atoms with Crippen molar-refractivity contribution in [3.05, 3.63) is 33.8 Å². The Balaban J connectivity index is 2.12. The third-order valence-corrected chi connectivity index (χ3v) is 5.96. The maximum Gasteiger partial charge on any atom is 0.0349 e. The molecule has 0 aliphatic heterocycles. The Hall–Kier alpha value is -0.340. The summed E-state index contributed by atoms with van der Waals surface area (Å²) in [5.41, 5.74) is 2.78. The number of hydrogen-bond donors (Lipinski definition) is 1. The number of aryl methyl sites for hydroxylation is 1. The van der Waals surface area contributed by atoms with E-state index >= 15 is 0 Å². The van der Waals surface area contributed by atoms with Crippen LogP contribution in [0, 0.1) is 18.8 Å². The Kier molecular flexibility index (Phi) is 6.75. The van der Waals surface area contributed by atoms with Gasteiger partial charge < -0.3 is 5.32 Å². The van der Waals surface area contributed by atoms with E-state index in [2.05, 4.69) is 60.2 Å². The van der Waals surface area contributed by atoms with Gasteiger partial charge in [0.1, 0.15) is 0 Å². The van der Waals surface area contributed by atoms with E-state index in [9.17, 15) is 0 Å². The summed E-state index contributed by atoms with van der Waals surface area (Å²) in [6.07, 6.45) is 8.15. The summed E-state index contributed by atoms with van der Waals surface area (Å²) in [5, 5.41) is 3.81. The van der Waals surface area contributed by atoms with E-state index in [0.717, 1.165) is 18.4 Å². The average Bonchev–Trinajstić information content (AvgIpc) is 2.51. The van der Waals surface area contributed by atoms with Crippen LogP contribution in [-0.4, -0.2) is 6.54 Å². The second kappa shape index (κ2) is 8.33. The molecule has 1 aromatic rings. The highest BCUT2D eigenvalue weighted by Gasteiger charge is 2.27. The first-order valence-electron chi connectivity index (χ1n) is 8.65. The Morgan fingerprint density at radius 2 is 1.90 bits per heavy atom. The van der Waals surface area contributed by atoms with Gasteiger partial charge in [0, 0.05) is 10.5 Å². The molecule has 1 aromatic carbocycles. The number of halogens is 1. The zero-order chi connectivity index (χ0) is 15.2. The standard InChI is InChI=1S/C19H30BrN/c1-4-12-21-19(16-10-7-15(5-2)8-11-16)17-9-6-14(3)18(20)13-17/h6,9,13,15-16,19,21H,4-5,7-8,10-12H2,1-3H3. The Labute approximate surface area is 139 Å². The lowest BCUT2D eigenvalue weighted by molar-refractivity contribution is 0.218. The molecule has 0 radical (unpaired) electrons. The van der Waals surface area contributed by atoms with Gasteiger partial charge >= 0.3 is 0 Å². The Morgan fingerprint density at radius 1 is 1.19 bits per heavy atom. The van der Waals surface area contributed by atoms with Crippen LogP contribution in [-0.2, 0) is 0 Å². The van der Waals surface area contributed by atoms with Gasteiger partial charge in [-0.25, -0.2) is 0 Å². The highest BCUT2D eigenvalue weighted by Crippen LogP contribution is 2.38. The highest BCUT2D eigenvalue weighted by atomic mass is 79.9. The van der Waals surface area contributed by atoms with Crippen molar-refractivity contribution < 1.29 is 0 Å². The van der Waals surface area contributed by atoms with Gasteiger partial charge in [0.15, 0.2) is 0 Å². The molecule has 0 bridgehead atoms. The van der Waals surface area contributed by atoms with Crippen LogP contribution in [0.1, 0.15) is 69.5 Å². The number of hydrogen-bond acceptors (Lipinski definition) is 1. The van der Waals surface area contributed by atoms with Gasteiger partial charge in [-0.2, -0.15) is 0 Å². The van der Waals surface area contributed by atoms with Crippen LogP contribution in [0.25, 0.3) is 0 Å². The van der Waals surface area contributed by atoms with Crippen molar-refractivity contribution in [2.45, 2.75) is 65.3 Å². The summed E-state index contributed by atoms with van der Waals surface area (Å²) in [7, 11) is 0. The van der Waals surface area contributed by atoms with Gasteiger partial charge in [-0.15, -0.1) is 0 Å². The summed E-state index contributed by atoms with van der Waals surface area (Å²) in [4.78, 5) is 0. The summed E-state index contributed by atoms with van der Waals surface area (Å²) in [5.74, 6) is 1.77. The quantitative estimate of drug-likeness (QED) is 0.661. The normalized spacial score (nSPS) is 24.0. The molecule has 1 fully saturated rings. The maximum absolute atomic E-state index is 3.81. The molecular formula is C19H30BrN. The molecular weight excluding hydrogens is 322 g/mol. The molecule has 2 rings (SSSR count). The minimum Gasteiger partial charge on any atom is -0.310 e. The van der Waals surface area contributed by atoms with Crippen LogP contribution < -0.4 is 5.32 Å². The summed E-state index contributed by atoms with van der Waals surface area (Å²) < 4.78 is 1.24. The molecule has 1 N–H and O–H groups in total. The van der Waals surface area contributed by atoms with Crippen molar-refractivity contribution in [3.8, 4) is 0 Å². The van der Waals surface area contributed by atoms with E-state index in [1.54, 1.807) is 0 Å². The molecule has 0 spiro atoms. The summed E-state index contributed by atoms with van der Waals surface area (Å²) in [6.45, 7) is 7.87. The van der Waals surface area contributed by atoms with Gasteiger partial charge in [0.25, 0.3) is 0 Å². The molecule has 0 aromatic heterocycles. The van der Waals surface area contributed by atoms with Crippen LogP contribution in [0.5, 0.6) is 0 Å². The maximum atomic E-state index is 3.81. The van der Waals surface area contributed by atoms with Crippen LogP contribution in [0.15, 0.2) is 22.7 Å². The SMILES string of the molecule is CCCNC(c1ccc(C)c(Br)c1)C1CCC(CC)CC1. The Bertz CT molecular complexity index is 435. The van der Waals surface area contributed by atoms with Gasteiger partial charge in [0.2, 0.25) is 0 Å². The van der Waals surface area contributed by atoms with E-state index in [1.807, 2.05) is 0 Å². The van der Waals surface area contributed by atoms with Crippen LogP contribution in [0.3, 0.4) is 0 Å². The monoisotopic (exact) mass is 351 g/mol. The van der Waals surface area contributed by atoms with Crippen LogP contribution in [0.2, 0.25) is 0 Å². The fraction of sp³-hybridized carbons (Fsp3) is 0.684. The molecule has 21 heavy (non-hydrogen) atoms. The fourth-order valence-corrected chi connectivity index (χ4v) is 3.99. The van der Waals surface area contributed by atoms with E-state index in [1.165, 1.54) is 54.1 Å². The first kappa shape index (κ1) is 17.0. The summed E-state index contributed by atoms with van der Waals surface area (Å²) in [6, 6.07) is 7.42. The molecule has 2 heteroatoms. The largest absolute Gasteiger partial charge is 0.310 e. The van der Waals surface area contributed by atoms with E-state index < -0.39 is 0 Å². The zero-order valence-electron chi connectivity index (χ0n) is 13.8. The van der Waals surface area contributed by atoms with Crippen molar-refractivity contribution in [2.75, 3.05) is 6.54 Å². The third kappa shape index (κ3) is 4.56. The molecule has 1 aliphatic rings. The van der Waals surface area contributed by atoms with E-state index in [4.69, 9.17) is 0 Å². The Morgan fingerprint density at radius 3 is 2.48 bits per heavy atom. The van der Waals surface area contributed by atoms with Gasteiger partial charge in [-0.1, -0.05) is 61.2 Å². The summed E-state index contributed by atoms with van der Waals surface area (Å²) >= 11 is 3.70. The smallest absolute Gasteiger partial charge is 0.0349 e. The molecule has 1 saturated carbocycles. The van der Waals surface area contributed by atoms with E-state index in [0.29, 0.717) is 6.04 Å². The van der Waals surface area contributed by atoms with E-state index in [-0.39, 0.29) is 0 Å². The van der Waals surface area contributed by atoms with Crippen molar-refractivity contribution in [1.29, 1.82) is 0 Å². The number of nitrogens with one attached hydrogen (secondary N) is 1. The molecule has 0 amide bonds. The second-order valence-electron chi connectivity index (χ2n) is 6.63. The topological polar surface area (TPSA) is 12.0 Å². The first-order chi connectivity index (χ1) is 10.2. The van der Waals surface area contributed by atoms with Gasteiger partial charge in [0.05, 0.1) is 0 Å². The van der Waals surface area contributed by atoms with Crippen molar-refractivity contribution in [1.82, 2.24) is 5.32 Å². The molecule has 118 valence electrons. The van der Waals surface area contributed by atoms with Crippen molar-refractivity contribution >= 4 is 15.9 Å². The number of rotatable bonds is 6. The molecule has 0 saturated heterocycles. The minimum absolute atomic E-state index is 0.527. The lowest BCUT2D eigenvalue weighted by atomic mass is 9.76. The molecule has 1 nitrogen and oxygen atoms in total. The van der Waals surface area contributed by atoms with Crippen molar-refractivity contribution in [3.63, 3.8) is 0 Å². The van der Waals surface area contributed by atoms with Crippen molar-refractivity contribution in [2.24, 2.45) is 11.8 Å². The van der Waals surface area contributed by atoms with Crippen LogP contribution >= 0.6 is 15.9 Å². The predicted molar refractivity (Wildman–Crippen MR) is 95.7 cm³/mol. The molecule has 1 aliphatic carbocycles. The van der Waals surface area contributed by atoms with Gasteiger partial charge in [-0.3, -0.25) is 0 Å². The molecule has 1 unspecified atom stereocenters.